The molecule has 1 N–H and O–H groups in total. The van der Waals surface area contributed by atoms with Crippen molar-refractivity contribution in [3.63, 3.8) is 0 Å². The van der Waals surface area contributed by atoms with Gasteiger partial charge in [0.2, 0.25) is 0 Å². The van der Waals surface area contributed by atoms with Crippen LogP contribution in [-0.4, -0.2) is 22.7 Å². The van der Waals surface area contributed by atoms with Crippen molar-refractivity contribution in [3.8, 4) is 5.75 Å². The van der Waals surface area contributed by atoms with Gasteiger partial charge in [0.05, 0.1) is 18.7 Å². The highest BCUT2D eigenvalue weighted by molar-refractivity contribution is 14.1. The highest BCUT2D eigenvalue weighted by Gasteiger charge is 2.09. The fraction of sp³-hybridized carbons (Fsp3) is 0.333. The average Bonchev–Trinajstić information content (AvgIpc) is 2.10. The first kappa shape index (κ1) is 11.2. The summed E-state index contributed by atoms with van der Waals surface area (Å²) in [5.41, 5.74) is 0.351. The summed E-state index contributed by atoms with van der Waals surface area (Å²) in [7, 11) is 0. The topological polar surface area (TPSA) is 59.4 Å². The third-order valence-electron chi connectivity index (χ3n) is 1.53. The molecule has 0 fully saturated rings. The molecule has 0 radical (unpaired) electrons. The van der Waals surface area contributed by atoms with Crippen LogP contribution < -0.4 is 0 Å². The molecule has 0 aliphatic carbocycles. The Balaban J connectivity index is 2.72. The normalized spacial score (nSPS) is 9.86. The van der Waals surface area contributed by atoms with Crippen molar-refractivity contribution in [1.29, 1.82) is 0 Å². The highest BCUT2D eigenvalue weighted by Crippen LogP contribution is 2.17. The Morgan fingerprint density at radius 2 is 2.43 bits per heavy atom. The molecule has 1 aromatic rings. The minimum Gasteiger partial charge on any atom is -0.506 e. The van der Waals surface area contributed by atoms with Crippen LogP contribution in [0.2, 0.25) is 0 Å². The molecule has 0 bridgehead atoms. The van der Waals surface area contributed by atoms with Crippen molar-refractivity contribution >= 4 is 28.6 Å². The third-order valence-corrected chi connectivity index (χ3v) is 2.12. The zero-order valence-corrected chi connectivity index (χ0v) is 9.82. The molecule has 0 aromatic carbocycles. The standard InChI is InChI=1S/C9H10INO3/c1-2-14-9(13)4-7-8(12)3-6(10)5-11-7/h3,5,12H,2,4H2,1H3. The predicted octanol–water partition coefficient (Wildman–Crippen LogP) is 1.50. The van der Waals surface area contributed by atoms with Gasteiger partial charge in [-0.1, -0.05) is 0 Å². The van der Waals surface area contributed by atoms with Gasteiger partial charge in [-0.15, -0.1) is 0 Å². The summed E-state index contributed by atoms with van der Waals surface area (Å²) in [6, 6.07) is 1.56. The van der Waals surface area contributed by atoms with Gasteiger partial charge in [-0.2, -0.15) is 0 Å². The van der Waals surface area contributed by atoms with Crippen LogP contribution in [0.5, 0.6) is 5.75 Å². The fourth-order valence-corrected chi connectivity index (χ4v) is 1.38. The lowest BCUT2D eigenvalue weighted by atomic mass is 10.2. The Morgan fingerprint density at radius 3 is 3.00 bits per heavy atom. The second-order valence-electron chi connectivity index (χ2n) is 2.60. The first-order valence-electron chi connectivity index (χ1n) is 4.12. The molecule has 0 saturated carbocycles. The first-order chi connectivity index (χ1) is 6.63. The van der Waals surface area contributed by atoms with Crippen molar-refractivity contribution in [1.82, 2.24) is 4.98 Å². The van der Waals surface area contributed by atoms with E-state index in [0.29, 0.717) is 12.3 Å². The molecule has 1 aromatic heterocycles. The number of nitrogens with zero attached hydrogens (tertiary/aromatic N) is 1. The zero-order chi connectivity index (χ0) is 10.6. The van der Waals surface area contributed by atoms with Crippen LogP contribution in [0, 0.1) is 3.57 Å². The average molecular weight is 307 g/mol. The second-order valence-corrected chi connectivity index (χ2v) is 3.85. The molecule has 76 valence electrons. The van der Waals surface area contributed by atoms with Gasteiger partial charge in [-0.05, 0) is 35.6 Å². The van der Waals surface area contributed by atoms with Crippen LogP contribution in [0.4, 0.5) is 0 Å². The molecule has 0 spiro atoms. The number of carbonyl (C=O) groups excluding carboxylic acids is 1. The molecular weight excluding hydrogens is 297 g/mol. The number of halogens is 1. The van der Waals surface area contributed by atoms with Crippen LogP contribution in [0.1, 0.15) is 12.6 Å². The summed E-state index contributed by atoms with van der Waals surface area (Å²) in [5, 5.41) is 9.43. The van der Waals surface area contributed by atoms with Gasteiger partial charge < -0.3 is 9.84 Å². The van der Waals surface area contributed by atoms with Crippen molar-refractivity contribution < 1.29 is 14.6 Å². The first-order valence-corrected chi connectivity index (χ1v) is 5.20. The lowest BCUT2D eigenvalue weighted by Gasteiger charge is -2.03. The molecule has 0 aliphatic heterocycles. The van der Waals surface area contributed by atoms with Crippen LogP contribution in [0.25, 0.3) is 0 Å². The Kier molecular flexibility index (Phi) is 4.12. The number of pyridine rings is 1. The van der Waals surface area contributed by atoms with E-state index in [-0.39, 0.29) is 18.1 Å². The van der Waals surface area contributed by atoms with E-state index in [2.05, 4.69) is 4.98 Å². The minimum atomic E-state index is -0.378. The Labute approximate surface area is 95.4 Å². The molecule has 0 unspecified atom stereocenters. The number of hydrogen-bond donors (Lipinski definition) is 1. The van der Waals surface area contributed by atoms with Crippen LogP contribution in [0.3, 0.4) is 0 Å². The molecule has 0 aliphatic rings. The Morgan fingerprint density at radius 1 is 1.71 bits per heavy atom. The Hall–Kier alpha value is -0.850. The van der Waals surface area contributed by atoms with Gasteiger partial charge in [-0.3, -0.25) is 9.78 Å². The number of ether oxygens (including phenoxy) is 1. The molecule has 14 heavy (non-hydrogen) atoms. The van der Waals surface area contributed by atoms with Crippen LogP contribution in [-0.2, 0) is 16.0 Å². The Bertz CT molecular complexity index is 341. The van der Waals surface area contributed by atoms with E-state index < -0.39 is 0 Å². The summed E-state index contributed by atoms with van der Waals surface area (Å²) in [6.07, 6.45) is 1.60. The van der Waals surface area contributed by atoms with E-state index in [9.17, 15) is 9.90 Å². The van der Waals surface area contributed by atoms with Gasteiger partial charge in [0.25, 0.3) is 0 Å². The lowest BCUT2D eigenvalue weighted by molar-refractivity contribution is -0.142. The zero-order valence-electron chi connectivity index (χ0n) is 7.66. The maximum absolute atomic E-state index is 11.1. The smallest absolute Gasteiger partial charge is 0.312 e. The van der Waals surface area contributed by atoms with Crippen molar-refractivity contribution in [2.45, 2.75) is 13.3 Å². The molecular formula is C9H10INO3. The summed E-state index contributed by atoms with van der Waals surface area (Å²) in [4.78, 5) is 15.0. The number of aromatic hydroxyl groups is 1. The molecule has 1 rings (SSSR count). The summed E-state index contributed by atoms with van der Waals surface area (Å²) in [6.45, 7) is 2.07. The number of rotatable bonds is 3. The van der Waals surface area contributed by atoms with Gasteiger partial charge >= 0.3 is 5.97 Å². The van der Waals surface area contributed by atoms with Gasteiger partial charge in [-0.25, -0.2) is 0 Å². The van der Waals surface area contributed by atoms with Gasteiger partial charge in [0.1, 0.15) is 5.75 Å². The maximum atomic E-state index is 11.1. The fourth-order valence-electron chi connectivity index (χ4n) is 0.942. The molecule has 0 saturated heterocycles. The van der Waals surface area contributed by atoms with E-state index in [0.717, 1.165) is 3.57 Å². The largest absolute Gasteiger partial charge is 0.506 e. The van der Waals surface area contributed by atoms with Gasteiger partial charge in [0.15, 0.2) is 0 Å². The number of esters is 1. The highest BCUT2D eigenvalue weighted by atomic mass is 127. The quantitative estimate of drug-likeness (QED) is 0.679. The van der Waals surface area contributed by atoms with Crippen LogP contribution >= 0.6 is 22.6 Å². The summed E-state index contributed by atoms with van der Waals surface area (Å²) in [5.74, 6) is -0.346. The van der Waals surface area contributed by atoms with Crippen molar-refractivity contribution in [2.24, 2.45) is 0 Å². The van der Waals surface area contributed by atoms with E-state index in [1.54, 1.807) is 19.2 Å². The van der Waals surface area contributed by atoms with Gasteiger partial charge in [0, 0.05) is 9.77 Å². The monoisotopic (exact) mass is 307 g/mol. The third kappa shape index (κ3) is 3.13. The molecule has 0 atom stereocenters. The minimum absolute atomic E-state index is 0.0105. The SMILES string of the molecule is CCOC(=O)Cc1ncc(I)cc1O. The number of carbonyl (C=O) groups is 1. The lowest BCUT2D eigenvalue weighted by Crippen LogP contribution is -2.08. The van der Waals surface area contributed by atoms with E-state index in [1.807, 2.05) is 22.6 Å². The second kappa shape index (κ2) is 5.14. The van der Waals surface area contributed by atoms with Crippen molar-refractivity contribution in [3.05, 3.63) is 21.5 Å². The molecule has 1 heterocycles. The number of hydrogen-bond acceptors (Lipinski definition) is 4. The molecule has 4 nitrogen and oxygen atoms in total. The van der Waals surface area contributed by atoms with E-state index >= 15 is 0 Å². The van der Waals surface area contributed by atoms with Crippen LogP contribution in [0.15, 0.2) is 12.3 Å². The van der Waals surface area contributed by atoms with E-state index in [4.69, 9.17) is 4.74 Å². The van der Waals surface area contributed by atoms with E-state index in [1.165, 1.54) is 0 Å². The summed E-state index contributed by atoms with van der Waals surface area (Å²) >= 11 is 2.03. The maximum Gasteiger partial charge on any atom is 0.312 e. The number of aromatic nitrogens is 1. The predicted molar refractivity (Wildman–Crippen MR) is 59.0 cm³/mol. The molecule has 0 amide bonds. The van der Waals surface area contributed by atoms with Crippen molar-refractivity contribution in [2.75, 3.05) is 6.61 Å². The molecule has 5 heteroatoms. The summed E-state index contributed by atoms with van der Waals surface area (Å²) < 4.78 is 5.57.